The quantitative estimate of drug-likeness (QED) is 0.572. The molecule has 0 saturated carbocycles. The maximum absolute atomic E-state index is 10.0. The molecule has 3 heterocycles. The maximum atomic E-state index is 10.0. The highest BCUT2D eigenvalue weighted by atomic mass is 15.2. The molecule has 0 aliphatic carbocycles. The van der Waals surface area contributed by atoms with Crippen LogP contribution in [0.15, 0.2) is 24.3 Å². The smallest absolute Gasteiger partial charge is 0.157 e. The molecule has 1 aliphatic rings. The van der Waals surface area contributed by atoms with Gasteiger partial charge in [0.25, 0.3) is 0 Å². The van der Waals surface area contributed by atoms with Gasteiger partial charge in [0.2, 0.25) is 0 Å². The Morgan fingerprint density at radius 1 is 1.17 bits per heavy atom. The van der Waals surface area contributed by atoms with Gasteiger partial charge in [-0.15, -0.1) is 0 Å². The molecule has 0 spiro atoms. The summed E-state index contributed by atoms with van der Waals surface area (Å²) in [6, 6.07) is 10.8. The van der Waals surface area contributed by atoms with Crippen molar-refractivity contribution in [1.82, 2.24) is 9.38 Å². The van der Waals surface area contributed by atoms with Crippen LogP contribution in [0.5, 0.6) is 0 Å². The normalized spacial score (nSPS) is 20.0. The van der Waals surface area contributed by atoms with Crippen LogP contribution in [-0.2, 0) is 6.42 Å². The van der Waals surface area contributed by atoms with Crippen LogP contribution in [0.25, 0.3) is 16.7 Å². The van der Waals surface area contributed by atoms with Crippen molar-refractivity contribution in [2.75, 3.05) is 18.0 Å². The lowest BCUT2D eigenvalue weighted by molar-refractivity contribution is 0.354. The molecule has 1 aromatic carbocycles. The van der Waals surface area contributed by atoms with Crippen molar-refractivity contribution in [2.45, 2.75) is 53.9 Å². The Hall–Kier alpha value is -2.54. The molecule has 4 rings (SSSR count). The Morgan fingerprint density at radius 3 is 2.52 bits per heavy atom. The average Bonchev–Trinajstić information content (AvgIpc) is 3.04. The van der Waals surface area contributed by atoms with Crippen molar-refractivity contribution in [3.8, 4) is 6.07 Å². The maximum Gasteiger partial charge on any atom is 0.157 e. The molecule has 3 aromatic rings. The Morgan fingerprint density at radius 2 is 1.86 bits per heavy atom. The first-order valence-electron chi connectivity index (χ1n) is 11.0. The number of fused-ring (bicyclic) bond motifs is 3. The average molecular weight is 389 g/mol. The molecule has 152 valence electrons. The number of nitriles is 1. The predicted molar refractivity (Wildman–Crippen MR) is 120 cm³/mol. The number of hydrogen-bond donors (Lipinski definition) is 0. The summed E-state index contributed by atoms with van der Waals surface area (Å²) in [5.41, 5.74) is 6.03. The molecule has 29 heavy (non-hydrogen) atoms. The van der Waals surface area contributed by atoms with E-state index in [1.165, 1.54) is 17.8 Å². The Labute approximate surface area is 174 Å². The lowest BCUT2D eigenvalue weighted by Crippen LogP contribution is -2.40. The molecule has 2 aromatic heterocycles. The number of pyridine rings is 1. The van der Waals surface area contributed by atoms with Crippen LogP contribution < -0.4 is 4.90 Å². The van der Waals surface area contributed by atoms with Gasteiger partial charge in [-0.2, -0.15) is 5.26 Å². The monoisotopic (exact) mass is 388 g/mol. The van der Waals surface area contributed by atoms with Gasteiger partial charge < -0.3 is 4.90 Å². The van der Waals surface area contributed by atoms with Gasteiger partial charge in [-0.25, -0.2) is 4.98 Å². The van der Waals surface area contributed by atoms with Crippen molar-refractivity contribution in [1.29, 1.82) is 5.26 Å². The van der Waals surface area contributed by atoms with E-state index in [4.69, 9.17) is 4.98 Å². The third-order valence-corrected chi connectivity index (χ3v) is 6.35. The van der Waals surface area contributed by atoms with Crippen molar-refractivity contribution in [2.24, 2.45) is 17.8 Å². The van der Waals surface area contributed by atoms with E-state index in [-0.39, 0.29) is 0 Å². The molecular weight excluding hydrogens is 356 g/mol. The van der Waals surface area contributed by atoms with E-state index in [2.05, 4.69) is 68.2 Å². The zero-order valence-electron chi connectivity index (χ0n) is 18.4. The zero-order chi connectivity index (χ0) is 20.7. The SMILES string of the molecule is Cc1c(CCC(C)C)c(N2C[C@H](C)C[C@@H](C)C2)n2c(nc3ccccc32)c1C#N. The fourth-order valence-electron chi connectivity index (χ4n) is 5.06. The molecule has 2 atom stereocenters. The third kappa shape index (κ3) is 3.48. The minimum atomic E-state index is 0.627. The van der Waals surface area contributed by atoms with E-state index in [0.29, 0.717) is 17.8 Å². The summed E-state index contributed by atoms with van der Waals surface area (Å²) in [5, 5.41) is 10.0. The lowest BCUT2D eigenvalue weighted by Gasteiger charge is -2.38. The minimum Gasteiger partial charge on any atom is -0.357 e. The van der Waals surface area contributed by atoms with Gasteiger partial charge in [0, 0.05) is 13.1 Å². The van der Waals surface area contributed by atoms with E-state index >= 15 is 0 Å². The van der Waals surface area contributed by atoms with Crippen LogP contribution >= 0.6 is 0 Å². The Balaban J connectivity index is 2.06. The molecule has 0 amide bonds. The number of hydrogen-bond acceptors (Lipinski definition) is 3. The summed E-state index contributed by atoms with van der Waals surface area (Å²) in [6.45, 7) is 13.5. The first-order valence-corrected chi connectivity index (χ1v) is 11.0. The highest BCUT2D eigenvalue weighted by Gasteiger charge is 2.29. The lowest BCUT2D eigenvalue weighted by atomic mass is 9.90. The number of benzene rings is 1. The topological polar surface area (TPSA) is 44.3 Å². The van der Waals surface area contributed by atoms with Gasteiger partial charge in [-0.1, -0.05) is 39.8 Å². The molecule has 4 nitrogen and oxygen atoms in total. The highest BCUT2D eigenvalue weighted by Crippen LogP contribution is 2.37. The molecule has 0 bridgehead atoms. The number of anilines is 1. The number of piperidine rings is 1. The van der Waals surface area contributed by atoms with Gasteiger partial charge in [-0.3, -0.25) is 4.40 Å². The summed E-state index contributed by atoms with van der Waals surface area (Å²) in [7, 11) is 0. The number of para-hydroxylation sites is 2. The number of imidazole rings is 1. The van der Waals surface area contributed by atoms with Crippen LogP contribution in [0, 0.1) is 36.0 Å². The first-order chi connectivity index (χ1) is 13.9. The van der Waals surface area contributed by atoms with Crippen LogP contribution in [0.4, 0.5) is 5.82 Å². The third-order valence-electron chi connectivity index (χ3n) is 6.35. The van der Waals surface area contributed by atoms with Crippen molar-refractivity contribution < 1.29 is 0 Å². The van der Waals surface area contributed by atoms with E-state index in [9.17, 15) is 5.26 Å². The van der Waals surface area contributed by atoms with E-state index in [0.717, 1.165) is 53.7 Å². The number of nitrogens with zero attached hydrogens (tertiary/aromatic N) is 4. The second-order valence-corrected chi connectivity index (χ2v) is 9.46. The van der Waals surface area contributed by atoms with Crippen LogP contribution in [0.3, 0.4) is 0 Å². The van der Waals surface area contributed by atoms with Crippen molar-refractivity contribution in [3.05, 3.63) is 41.0 Å². The van der Waals surface area contributed by atoms with Gasteiger partial charge in [0.05, 0.1) is 16.6 Å². The van der Waals surface area contributed by atoms with Crippen LogP contribution in [0.2, 0.25) is 0 Å². The molecular formula is C25H32N4. The fraction of sp³-hybridized carbons (Fsp3) is 0.520. The highest BCUT2D eigenvalue weighted by molar-refractivity contribution is 5.86. The summed E-state index contributed by atoms with van der Waals surface area (Å²) in [5.74, 6) is 3.22. The summed E-state index contributed by atoms with van der Waals surface area (Å²) < 4.78 is 2.28. The Kier molecular flexibility index (Phi) is 5.25. The van der Waals surface area contributed by atoms with Crippen molar-refractivity contribution in [3.63, 3.8) is 0 Å². The molecule has 1 aliphatic heterocycles. The summed E-state index contributed by atoms with van der Waals surface area (Å²) in [4.78, 5) is 7.46. The first kappa shape index (κ1) is 19.8. The molecule has 0 N–H and O–H groups in total. The largest absolute Gasteiger partial charge is 0.357 e. The molecule has 0 radical (unpaired) electrons. The van der Waals surface area contributed by atoms with Crippen LogP contribution in [-0.4, -0.2) is 22.5 Å². The zero-order valence-corrected chi connectivity index (χ0v) is 18.4. The van der Waals surface area contributed by atoms with Gasteiger partial charge in [-0.05, 0) is 67.2 Å². The number of aromatic nitrogens is 2. The van der Waals surface area contributed by atoms with E-state index in [1.807, 2.05) is 6.07 Å². The van der Waals surface area contributed by atoms with Gasteiger partial charge in [0.15, 0.2) is 5.65 Å². The fourth-order valence-corrected chi connectivity index (χ4v) is 5.06. The standard InChI is InChI=1S/C25H32N4/c1-16(2)10-11-20-19(5)21(13-26)24-27-22-8-6-7-9-23(22)29(24)25(20)28-14-17(3)12-18(4)15-28/h6-9,16-18H,10-12,14-15H2,1-5H3/t17-,18-/m1/s1. The summed E-state index contributed by atoms with van der Waals surface area (Å²) in [6.07, 6.45) is 3.39. The van der Waals surface area contributed by atoms with Gasteiger partial charge in [0.1, 0.15) is 11.9 Å². The van der Waals surface area contributed by atoms with Gasteiger partial charge >= 0.3 is 0 Å². The molecule has 0 unspecified atom stereocenters. The van der Waals surface area contributed by atoms with Crippen molar-refractivity contribution >= 4 is 22.5 Å². The predicted octanol–water partition coefficient (Wildman–Crippen LogP) is 5.74. The second kappa shape index (κ2) is 7.71. The minimum absolute atomic E-state index is 0.627. The Bertz CT molecular complexity index is 1080. The molecule has 1 fully saturated rings. The number of rotatable bonds is 4. The second-order valence-electron chi connectivity index (χ2n) is 9.46. The van der Waals surface area contributed by atoms with E-state index < -0.39 is 0 Å². The van der Waals surface area contributed by atoms with Crippen LogP contribution in [0.1, 0.15) is 57.2 Å². The molecule has 1 saturated heterocycles. The molecule has 4 heteroatoms. The van der Waals surface area contributed by atoms with E-state index in [1.54, 1.807) is 0 Å². The summed E-state index contributed by atoms with van der Waals surface area (Å²) >= 11 is 0.